The third-order valence-corrected chi connectivity index (χ3v) is 2.05. The third-order valence-electron chi connectivity index (χ3n) is 2.05. The van der Waals surface area contributed by atoms with E-state index in [0.717, 1.165) is 11.3 Å². The van der Waals surface area contributed by atoms with E-state index in [1.807, 2.05) is 6.07 Å². The number of aromatic nitrogens is 4. The van der Waals surface area contributed by atoms with Crippen LogP contribution in [0.3, 0.4) is 0 Å². The number of ether oxygens (including phenoxy) is 1. The molecule has 6 nitrogen and oxygen atoms in total. The molecule has 1 N–H and O–H groups in total. The van der Waals surface area contributed by atoms with Gasteiger partial charge in [0.1, 0.15) is 12.1 Å². The lowest BCUT2D eigenvalue weighted by atomic mass is 10.2. The van der Waals surface area contributed by atoms with E-state index >= 15 is 0 Å². The quantitative estimate of drug-likeness (QED) is 0.774. The molecule has 0 aliphatic heterocycles. The molecule has 0 fully saturated rings. The maximum Gasteiger partial charge on any atom is 0.143 e. The second kappa shape index (κ2) is 4.05. The first-order valence-electron chi connectivity index (χ1n) is 4.36. The molecule has 0 unspecified atom stereocenters. The minimum absolute atomic E-state index is 0.0565. The van der Waals surface area contributed by atoms with E-state index in [-0.39, 0.29) is 6.61 Å². The molecule has 0 atom stereocenters. The molecule has 0 radical (unpaired) electrons. The van der Waals surface area contributed by atoms with Crippen molar-refractivity contribution >= 4 is 0 Å². The van der Waals surface area contributed by atoms with Crippen LogP contribution in [0.15, 0.2) is 24.5 Å². The molecule has 0 saturated heterocycles. The number of benzene rings is 1. The Bertz CT molecular complexity index is 441. The predicted molar refractivity (Wildman–Crippen MR) is 51.6 cm³/mol. The zero-order chi connectivity index (χ0) is 10.7. The number of aliphatic hydroxyl groups excluding tert-OH is 1. The average Bonchev–Trinajstić information content (AvgIpc) is 2.81. The summed E-state index contributed by atoms with van der Waals surface area (Å²) in [6.45, 7) is -0.0565. The molecule has 15 heavy (non-hydrogen) atoms. The highest BCUT2D eigenvalue weighted by Crippen LogP contribution is 2.21. The lowest BCUT2D eigenvalue weighted by Gasteiger charge is -2.07. The van der Waals surface area contributed by atoms with Crippen LogP contribution in [0.1, 0.15) is 5.56 Å². The minimum Gasteiger partial charge on any atom is -0.496 e. The van der Waals surface area contributed by atoms with Crippen molar-refractivity contribution in [3.05, 3.63) is 30.1 Å². The van der Waals surface area contributed by atoms with Crippen molar-refractivity contribution in [2.45, 2.75) is 6.61 Å². The van der Waals surface area contributed by atoms with E-state index < -0.39 is 0 Å². The minimum atomic E-state index is -0.0565. The highest BCUT2D eigenvalue weighted by Gasteiger charge is 2.05. The summed E-state index contributed by atoms with van der Waals surface area (Å²) in [6, 6.07) is 5.35. The van der Waals surface area contributed by atoms with Gasteiger partial charge >= 0.3 is 0 Å². The number of hydrogen-bond acceptors (Lipinski definition) is 5. The molecule has 1 heterocycles. The monoisotopic (exact) mass is 206 g/mol. The molecule has 0 bridgehead atoms. The number of aliphatic hydroxyl groups is 1. The zero-order valence-corrected chi connectivity index (χ0v) is 8.16. The summed E-state index contributed by atoms with van der Waals surface area (Å²) >= 11 is 0. The Morgan fingerprint density at radius 1 is 1.47 bits per heavy atom. The van der Waals surface area contributed by atoms with Gasteiger partial charge in [-0.15, -0.1) is 5.10 Å². The van der Waals surface area contributed by atoms with Crippen molar-refractivity contribution in [2.24, 2.45) is 0 Å². The van der Waals surface area contributed by atoms with E-state index in [1.165, 1.54) is 11.0 Å². The Labute approximate surface area is 86.1 Å². The van der Waals surface area contributed by atoms with Crippen molar-refractivity contribution in [3.63, 3.8) is 0 Å². The number of rotatable bonds is 3. The fourth-order valence-electron chi connectivity index (χ4n) is 1.29. The van der Waals surface area contributed by atoms with Gasteiger partial charge in [-0.3, -0.25) is 0 Å². The van der Waals surface area contributed by atoms with Crippen molar-refractivity contribution in [3.8, 4) is 11.4 Å². The Balaban J connectivity index is 2.43. The molecule has 6 heteroatoms. The number of tetrazole rings is 1. The number of hydrogen-bond donors (Lipinski definition) is 1. The summed E-state index contributed by atoms with van der Waals surface area (Å²) in [7, 11) is 1.55. The Hall–Kier alpha value is -1.95. The predicted octanol–water partition coefficient (Wildman–Crippen LogP) is 0.163. The molecule has 1 aromatic heterocycles. The van der Waals surface area contributed by atoms with Gasteiger partial charge in [-0.2, -0.15) is 0 Å². The Kier molecular flexibility index (Phi) is 2.59. The van der Waals surface area contributed by atoms with Gasteiger partial charge in [-0.25, -0.2) is 4.68 Å². The van der Waals surface area contributed by atoms with Crippen molar-refractivity contribution < 1.29 is 9.84 Å². The smallest absolute Gasteiger partial charge is 0.143 e. The maximum absolute atomic E-state index is 9.04. The normalized spacial score (nSPS) is 10.3. The van der Waals surface area contributed by atoms with E-state index in [9.17, 15) is 0 Å². The van der Waals surface area contributed by atoms with Gasteiger partial charge in [-0.1, -0.05) is 6.07 Å². The summed E-state index contributed by atoms with van der Waals surface area (Å²) < 4.78 is 6.65. The van der Waals surface area contributed by atoms with Gasteiger partial charge < -0.3 is 9.84 Å². The van der Waals surface area contributed by atoms with Gasteiger partial charge in [0.15, 0.2) is 0 Å². The van der Waals surface area contributed by atoms with Gasteiger partial charge in [0.2, 0.25) is 0 Å². The molecule has 78 valence electrons. The van der Waals surface area contributed by atoms with Crippen LogP contribution in [0, 0.1) is 0 Å². The fourth-order valence-corrected chi connectivity index (χ4v) is 1.29. The number of methoxy groups -OCH3 is 1. The average molecular weight is 206 g/mol. The van der Waals surface area contributed by atoms with E-state index in [2.05, 4.69) is 15.5 Å². The second-order valence-electron chi connectivity index (χ2n) is 2.91. The highest BCUT2D eigenvalue weighted by molar-refractivity contribution is 5.43. The third kappa shape index (κ3) is 1.79. The Morgan fingerprint density at radius 3 is 2.93 bits per heavy atom. The van der Waals surface area contributed by atoms with Gasteiger partial charge in [-0.05, 0) is 16.5 Å². The van der Waals surface area contributed by atoms with E-state index in [4.69, 9.17) is 9.84 Å². The summed E-state index contributed by atoms with van der Waals surface area (Å²) in [5.74, 6) is 0.616. The molecule has 0 aliphatic carbocycles. The highest BCUT2D eigenvalue weighted by atomic mass is 16.5. The Morgan fingerprint density at radius 2 is 2.33 bits per heavy atom. The van der Waals surface area contributed by atoms with Gasteiger partial charge in [0, 0.05) is 11.6 Å². The summed E-state index contributed by atoms with van der Waals surface area (Å²) in [5.41, 5.74) is 1.52. The van der Waals surface area contributed by atoms with Crippen LogP contribution < -0.4 is 4.74 Å². The lowest BCUT2D eigenvalue weighted by Crippen LogP contribution is -1.98. The molecule has 0 amide bonds. The first-order valence-corrected chi connectivity index (χ1v) is 4.36. The van der Waals surface area contributed by atoms with Gasteiger partial charge in [0.25, 0.3) is 0 Å². The molecular formula is C9H10N4O2. The standard InChI is InChI=1S/C9H10N4O2/c1-15-9-4-8(3-2-7(9)5-14)13-6-10-11-12-13/h2-4,6,14H,5H2,1H3. The summed E-state index contributed by atoms with van der Waals surface area (Å²) in [5, 5.41) is 19.9. The van der Waals surface area contributed by atoms with Crippen LogP contribution in [0.2, 0.25) is 0 Å². The van der Waals surface area contributed by atoms with Gasteiger partial charge in [0.05, 0.1) is 19.4 Å². The maximum atomic E-state index is 9.04. The molecule has 2 rings (SSSR count). The van der Waals surface area contributed by atoms with Crippen molar-refractivity contribution in [1.29, 1.82) is 0 Å². The molecule has 0 saturated carbocycles. The van der Waals surface area contributed by atoms with E-state index in [1.54, 1.807) is 19.2 Å². The molecule has 2 aromatic rings. The summed E-state index contributed by atoms with van der Waals surface area (Å²) in [4.78, 5) is 0. The van der Waals surface area contributed by atoms with E-state index in [0.29, 0.717) is 5.75 Å². The lowest BCUT2D eigenvalue weighted by molar-refractivity contribution is 0.274. The van der Waals surface area contributed by atoms with Crippen molar-refractivity contribution in [1.82, 2.24) is 20.2 Å². The molecule has 1 aromatic carbocycles. The zero-order valence-electron chi connectivity index (χ0n) is 8.16. The first kappa shape index (κ1) is 9.60. The fraction of sp³-hybridized carbons (Fsp3) is 0.222. The van der Waals surface area contributed by atoms with Crippen molar-refractivity contribution in [2.75, 3.05) is 7.11 Å². The van der Waals surface area contributed by atoms with Crippen LogP contribution in [0.25, 0.3) is 5.69 Å². The van der Waals surface area contributed by atoms with Crippen LogP contribution in [-0.2, 0) is 6.61 Å². The molecular weight excluding hydrogens is 196 g/mol. The molecule has 0 aliphatic rings. The topological polar surface area (TPSA) is 73.1 Å². The summed E-state index contributed by atoms with van der Waals surface area (Å²) in [6.07, 6.45) is 1.49. The van der Waals surface area contributed by atoms with Crippen LogP contribution >= 0.6 is 0 Å². The molecule has 0 spiro atoms. The van der Waals surface area contributed by atoms with Crippen LogP contribution in [0.5, 0.6) is 5.75 Å². The first-order chi connectivity index (χ1) is 7.35. The number of nitrogens with zero attached hydrogens (tertiary/aromatic N) is 4. The SMILES string of the molecule is COc1cc(-n2cnnn2)ccc1CO. The van der Waals surface area contributed by atoms with Crippen LogP contribution in [0.4, 0.5) is 0 Å². The van der Waals surface area contributed by atoms with Crippen LogP contribution in [-0.4, -0.2) is 32.4 Å². The largest absolute Gasteiger partial charge is 0.496 e. The second-order valence-corrected chi connectivity index (χ2v) is 2.91.